The van der Waals surface area contributed by atoms with Crippen molar-refractivity contribution >= 4 is 23.1 Å². The third-order valence-electron chi connectivity index (χ3n) is 1.64. The van der Waals surface area contributed by atoms with Crippen molar-refractivity contribution in [1.29, 1.82) is 0 Å². The molecule has 11 heavy (non-hydrogen) atoms. The highest BCUT2D eigenvalue weighted by Crippen LogP contribution is 2.27. The van der Waals surface area contributed by atoms with Crippen molar-refractivity contribution in [2.75, 3.05) is 5.32 Å². The molecule has 0 saturated carbocycles. The molecule has 3 nitrogen and oxygen atoms in total. The lowest BCUT2D eigenvalue weighted by molar-refractivity contribution is -0.116. The predicted octanol–water partition coefficient (Wildman–Crippen LogP) is 1.34. The first-order valence-electron chi connectivity index (χ1n) is 3.52. The van der Waals surface area contributed by atoms with Gasteiger partial charge in [0.05, 0.1) is 5.01 Å². The van der Waals surface area contributed by atoms with Crippen LogP contribution in [0.25, 0.3) is 0 Å². The number of nitrogens with zero attached hydrogens (tertiary/aromatic N) is 1. The lowest BCUT2D eigenvalue weighted by atomic mass is 10.2. The SMILES string of the molecule is Cc1nc2c(s1)CCC(=O)N2. The fourth-order valence-electron chi connectivity index (χ4n) is 1.16. The molecule has 0 atom stereocenters. The zero-order chi connectivity index (χ0) is 7.84. The van der Waals surface area contributed by atoms with Crippen molar-refractivity contribution in [2.45, 2.75) is 19.8 Å². The zero-order valence-corrected chi connectivity index (χ0v) is 6.99. The normalized spacial score (nSPS) is 15.9. The van der Waals surface area contributed by atoms with E-state index in [0.717, 1.165) is 17.2 Å². The fourth-order valence-corrected chi connectivity index (χ4v) is 2.05. The minimum Gasteiger partial charge on any atom is -0.310 e. The Balaban J connectivity index is 2.41. The monoisotopic (exact) mass is 168 g/mol. The van der Waals surface area contributed by atoms with Gasteiger partial charge in [-0.1, -0.05) is 0 Å². The number of rotatable bonds is 0. The Labute approximate surface area is 68.5 Å². The Hall–Kier alpha value is -0.900. The number of hydrogen-bond donors (Lipinski definition) is 1. The minimum absolute atomic E-state index is 0.0859. The zero-order valence-electron chi connectivity index (χ0n) is 6.18. The number of carbonyl (C=O) groups is 1. The van der Waals surface area contributed by atoms with E-state index in [4.69, 9.17) is 0 Å². The average molecular weight is 168 g/mol. The van der Waals surface area contributed by atoms with Gasteiger partial charge in [0.1, 0.15) is 5.82 Å². The average Bonchev–Trinajstić information content (AvgIpc) is 2.27. The highest BCUT2D eigenvalue weighted by molar-refractivity contribution is 7.12. The molecule has 0 bridgehead atoms. The summed E-state index contributed by atoms with van der Waals surface area (Å²) < 4.78 is 0. The maximum Gasteiger partial charge on any atom is 0.225 e. The maximum absolute atomic E-state index is 10.9. The van der Waals surface area contributed by atoms with Crippen LogP contribution >= 0.6 is 11.3 Å². The quantitative estimate of drug-likeness (QED) is 0.635. The van der Waals surface area contributed by atoms with E-state index in [1.54, 1.807) is 11.3 Å². The van der Waals surface area contributed by atoms with Gasteiger partial charge in [0.15, 0.2) is 0 Å². The van der Waals surface area contributed by atoms with Crippen LogP contribution in [-0.4, -0.2) is 10.9 Å². The summed E-state index contributed by atoms with van der Waals surface area (Å²) in [7, 11) is 0. The second kappa shape index (κ2) is 2.30. The van der Waals surface area contributed by atoms with E-state index < -0.39 is 0 Å². The standard InChI is InChI=1S/C7H8N2OS/c1-4-8-7-5(11-4)2-3-6(10)9-7/h2-3H2,1H3,(H,9,10). The molecule has 1 aliphatic rings. The van der Waals surface area contributed by atoms with Crippen LogP contribution in [0.3, 0.4) is 0 Å². The first-order valence-corrected chi connectivity index (χ1v) is 4.33. The summed E-state index contributed by atoms with van der Waals surface area (Å²) in [4.78, 5) is 16.3. The summed E-state index contributed by atoms with van der Waals surface area (Å²) in [5.41, 5.74) is 0. The predicted molar refractivity (Wildman–Crippen MR) is 43.8 cm³/mol. The van der Waals surface area contributed by atoms with E-state index in [0.29, 0.717) is 6.42 Å². The fraction of sp³-hybridized carbons (Fsp3) is 0.429. The molecular formula is C7H8N2OS. The van der Waals surface area contributed by atoms with Crippen LogP contribution in [0.15, 0.2) is 0 Å². The van der Waals surface area contributed by atoms with Crippen molar-refractivity contribution < 1.29 is 4.79 Å². The van der Waals surface area contributed by atoms with Gasteiger partial charge in [-0.05, 0) is 13.3 Å². The van der Waals surface area contributed by atoms with Crippen molar-refractivity contribution in [2.24, 2.45) is 0 Å². The highest BCUT2D eigenvalue weighted by Gasteiger charge is 2.17. The van der Waals surface area contributed by atoms with Gasteiger partial charge >= 0.3 is 0 Å². The number of carbonyl (C=O) groups excluding carboxylic acids is 1. The number of thiazole rings is 1. The Bertz CT molecular complexity index is 305. The van der Waals surface area contributed by atoms with Crippen LogP contribution < -0.4 is 5.32 Å². The van der Waals surface area contributed by atoms with Gasteiger partial charge in [-0.15, -0.1) is 11.3 Å². The van der Waals surface area contributed by atoms with Gasteiger partial charge in [0.25, 0.3) is 0 Å². The Kier molecular flexibility index (Phi) is 1.42. The van der Waals surface area contributed by atoms with Crippen molar-refractivity contribution in [3.63, 3.8) is 0 Å². The Morgan fingerprint density at radius 1 is 1.55 bits per heavy atom. The van der Waals surface area contributed by atoms with Gasteiger partial charge in [-0.2, -0.15) is 0 Å². The second-order valence-electron chi connectivity index (χ2n) is 2.55. The molecule has 0 radical (unpaired) electrons. The van der Waals surface area contributed by atoms with Crippen LogP contribution in [0, 0.1) is 6.92 Å². The molecule has 1 aliphatic heterocycles. The van der Waals surface area contributed by atoms with Gasteiger partial charge in [0.2, 0.25) is 5.91 Å². The molecule has 2 rings (SSSR count). The van der Waals surface area contributed by atoms with Gasteiger partial charge in [-0.25, -0.2) is 4.98 Å². The number of aromatic nitrogens is 1. The molecule has 0 unspecified atom stereocenters. The number of nitrogens with one attached hydrogen (secondary N) is 1. The van der Waals surface area contributed by atoms with Crippen LogP contribution in [0.4, 0.5) is 5.82 Å². The first kappa shape index (κ1) is 6.79. The Morgan fingerprint density at radius 2 is 2.36 bits per heavy atom. The van der Waals surface area contributed by atoms with Gasteiger partial charge in [0, 0.05) is 11.3 Å². The summed E-state index contributed by atoms with van der Waals surface area (Å²) in [5.74, 6) is 0.867. The largest absolute Gasteiger partial charge is 0.310 e. The van der Waals surface area contributed by atoms with E-state index in [1.807, 2.05) is 6.92 Å². The number of anilines is 1. The summed E-state index contributed by atoms with van der Waals surface area (Å²) in [6.45, 7) is 1.95. The molecule has 0 aliphatic carbocycles. The summed E-state index contributed by atoms with van der Waals surface area (Å²) >= 11 is 1.67. The van der Waals surface area contributed by atoms with E-state index in [1.165, 1.54) is 4.88 Å². The second-order valence-corrected chi connectivity index (χ2v) is 3.84. The summed E-state index contributed by atoms with van der Waals surface area (Å²) in [6, 6.07) is 0. The number of aryl methyl sites for hydroxylation is 2. The third-order valence-corrected chi connectivity index (χ3v) is 2.67. The lowest BCUT2D eigenvalue weighted by Gasteiger charge is -2.09. The van der Waals surface area contributed by atoms with E-state index in [2.05, 4.69) is 10.3 Å². The maximum atomic E-state index is 10.9. The van der Waals surface area contributed by atoms with Crippen molar-refractivity contribution in [3.05, 3.63) is 9.88 Å². The highest BCUT2D eigenvalue weighted by atomic mass is 32.1. The topological polar surface area (TPSA) is 42.0 Å². The van der Waals surface area contributed by atoms with Crippen LogP contribution in [-0.2, 0) is 11.2 Å². The van der Waals surface area contributed by atoms with Crippen molar-refractivity contribution in [3.8, 4) is 0 Å². The van der Waals surface area contributed by atoms with Crippen LogP contribution in [0.1, 0.15) is 16.3 Å². The molecule has 0 saturated heterocycles. The molecule has 0 spiro atoms. The number of hydrogen-bond acceptors (Lipinski definition) is 3. The molecule has 58 valence electrons. The minimum atomic E-state index is 0.0859. The van der Waals surface area contributed by atoms with E-state index >= 15 is 0 Å². The van der Waals surface area contributed by atoms with Crippen molar-refractivity contribution in [1.82, 2.24) is 4.98 Å². The van der Waals surface area contributed by atoms with Crippen LogP contribution in [0.5, 0.6) is 0 Å². The Morgan fingerprint density at radius 3 is 3.18 bits per heavy atom. The number of amides is 1. The molecule has 1 aromatic rings. The van der Waals surface area contributed by atoms with Crippen LogP contribution in [0.2, 0.25) is 0 Å². The lowest BCUT2D eigenvalue weighted by Crippen LogP contribution is -2.17. The molecule has 0 fully saturated rings. The molecule has 0 aromatic carbocycles. The molecule has 4 heteroatoms. The van der Waals surface area contributed by atoms with Gasteiger partial charge < -0.3 is 5.32 Å². The molecular weight excluding hydrogens is 160 g/mol. The van der Waals surface area contributed by atoms with E-state index in [9.17, 15) is 4.79 Å². The molecule has 1 aromatic heterocycles. The van der Waals surface area contributed by atoms with Gasteiger partial charge in [-0.3, -0.25) is 4.79 Å². The number of fused-ring (bicyclic) bond motifs is 1. The first-order chi connectivity index (χ1) is 5.25. The molecule has 1 amide bonds. The third kappa shape index (κ3) is 1.14. The summed E-state index contributed by atoms with van der Waals surface area (Å²) in [6.07, 6.45) is 1.46. The van der Waals surface area contributed by atoms with E-state index in [-0.39, 0.29) is 5.91 Å². The molecule has 2 heterocycles. The summed E-state index contributed by atoms with van der Waals surface area (Å²) in [5, 5.41) is 3.77. The smallest absolute Gasteiger partial charge is 0.225 e. The molecule has 1 N–H and O–H groups in total.